The number of nitrogens with one attached hydrogen (secondary N) is 1. The van der Waals surface area contributed by atoms with Crippen LogP contribution in [0.2, 0.25) is 5.02 Å². The Bertz CT molecular complexity index is 1150. The van der Waals surface area contributed by atoms with E-state index < -0.39 is 0 Å². The van der Waals surface area contributed by atoms with Gasteiger partial charge in [0, 0.05) is 36.2 Å². The van der Waals surface area contributed by atoms with Crippen molar-refractivity contribution in [3.8, 4) is 17.0 Å². The summed E-state index contributed by atoms with van der Waals surface area (Å²) in [5.41, 5.74) is 2.10. The van der Waals surface area contributed by atoms with Gasteiger partial charge in [0.15, 0.2) is 11.7 Å². The fourth-order valence-corrected chi connectivity index (χ4v) is 3.03. The molecule has 2 heterocycles. The Morgan fingerprint density at radius 2 is 1.93 bits per heavy atom. The molecule has 0 aliphatic heterocycles. The van der Waals surface area contributed by atoms with Crippen LogP contribution in [0.3, 0.4) is 0 Å². The highest BCUT2D eigenvalue weighted by atomic mass is 35.5. The Morgan fingerprint density at radius 1 is 1.13 bits per heavy atom. The Kier molecular flexibility index (Phi) is 5.90. The molecule has 8 heteroatoms. The summed E-state index contributed by atoms with van der Waals surface area (Å²) >= 11 is 5.90. The SMILES string of the molecule is O=C(CCc1ncc(-c2ccccc2F)o1)NCc1cnn(-c2ccc(Cl)cc2)c1. The summed E-state index contributed by atoms with van der Waals surface area (Å²) in [6, 6.07) is 13.6. The molecule has 0 unspecified atom stereocenters. The molecule has 0 aliphatic rings. The van der Waals surface area contributed by atoms with E-state index in [1.54, 1.807) is 41.2 Å². The lowest BCUT2D eigenvalue weighted by atomic mass is 10.2. The Balaban J connectivity index is 1.28. The maximum Gasteiger partial charge on any atom is 0.220 e. The zero-order valence-corrected chi connectivity index (χ0v) is 16.6. The molecule has 2 aromatic heterocycles. The number of carbonyl (C=O) groups excluding carboxylic acids is 1. The van der Waals surface area contributed by atoms with E-state index in [0.29, 0.717) is 35.2 Å². The lowest BCUT2D eigenvalue weighted by Gasteiger charge is -2.03. The van der Waals surface area contributed by atoms with Gasteiger partial charge in [0.05, 0.1) is 23.6 Å². The third-order valence-corrected chi connectivity index (χ3v) is 4.73. The number of rotatable bonds is 7. The third kappa shape index (κ3) is 4.75. The van der Waals surface area contributed by atoms with Gasteiger partial charge < -0.3 is 9.73 Å². The van der Waals surface area contributed by atoms with E-state index in [2.05, 4.69) is 15.4 Å². The first kappa shape index (κ1) is 19.8. The normalized spacial score (nSPS) is 10.9. The third-order valence-electron chi connectivity index (χ3n) is 4.48. The first-order valence-corrected chi connectivity index (χ1v) is 9.72. The number of carbonyl (C=O) groups is 1. The van der Waals surface area contributed by atoms with Gasteiger partial charge in [-0.05, 0) is 36.4 Å². The van der Waals surface area contributed by atoms with Gasteiger partial charge in [0.2, 0.25) is 5.91 Å². The minimum atomic E-state index is -0.378. The molecule has 152 valence electrons. The molecule has 0 atom stereocenters. The topological polar surface area (TPSA) is 73.0 Å². The van der Waals surface area contributed by atoms with Crippen LogP contribution in [-0.2, 0) is 17.8 Å². The maximum atomic E-state index is 13.8. The maximum absolute atomic E-state index is 13.8. The molecule has 0 saturated heterocycles. The molecule has 0 fully saturated rings. The number of aromatic nitrogens is 3. The number of benzene rings is 2. The first-order chi connectivity index (χ1) is 14.6. The lowest BCUT2D eigenvalue weighted by Crippen LogP contribution is -2.22. The zero-order chi connectivity index (χ0) is 20.9. The molecule has 1 N–H and O–H groups in total. The average Bonchev–Trinajstić information content (AvgIpc) is 3.41. The van der Waals surface area contributed by atoms with Crippen molar-refractivity contribution in [2.75, 3.05) is 0 Å². The molecular weight excluding hydrogens is 407 g/mol. The van der Waals surface area contributed by atoms with E-state index in [9.17, 15) is 9.18 Å². The highest BCUT2D eigenvalue weighted by Gasteiger charge is 2.12. The molecule has 0 spiro atoms. The molecule has 4 rings (SSSR count). The zero-order valence-electron chi connectivity index (χ0n) is 15.9. The number of nitrogens with zero attached hydrogens (tertiary/aromatic N) is 3. The van der Waals surface area contributed by atoms with Crippen LogP contribution in [0, 0.1) is 5.82 Å². The van der Waals surface area contributed by atoms with Crippen LogP contribution in [0.5, 0.6) is 0 Å². The molecule has 0 aliphatic carbocycles. The molecule has 2 aromatic carbocycles. The van der Waals surface area contributed by atoms with Crippen molar-refractivity contribution < 1.29 is 13.6 Å². The molecule has 0 radical (unpaired) electrons. The predicted octanol–water partition coefficient (Wildman–Crippen LogP) is 4.57. The van der Waals surface area contributed by atoms with E-state index >= 15 is 0 Å². The number of hydrogen-bond donors (Lipinski definition) is 1. The average molecular weight is 425 g/mol. The van der Waals surface area contributed by atoms with E-state index in [1.165, 1.54) is 12.3 Å². The second-order valence-corrected chi connectivity index (χ2v) is 7.08. The van der Waals surface area contributed by atoms with Crippen LogP contribution in [0.1, 0.15) is 17.9 Å². The summed E-state index contributed by atoms with van der Waals surface area (Å²) in [5, 5.41) is 7.80. The molecule has 0 saturated carbocycles. The molecule has 6 nitrogen and oxygen atoms in total. The summed E-state index contributed by atoms with van der Waals surface area (Å²) in [4.78, 5) is 16.3. The van der Waals surface area contributed by atoms with Gasteiger partial charge in [0.1, 0.15) is 5.82 Å². The highest BCUT2D eigenvalue weighted by molar-refractivity contribution is 6.30. The lowest BCUT2D eigenvalue weighted by molar-refractivity contribution is -0.121. The Labute approximate surface area is 177 Å². The minimum absolute atomic E-state index is 0.139. The van der Waals surface area contributed by atoms with Crippen LogP contribution in [0.25, 0.3) is 17.0 Å². The van der Waals surface area contributed by atoms with Crippen molar-refractivity contribution in [3.05, 3.63) is 89.4 Å². The highest BCUT2D eigenvalue weighted by Crippen LogP contribution is 2.23. The number of oxazole rings is 1. The molecule has 4 aromatic rings. The minimum Gasteiger partial charge on any atom is -0.441 e. The number of hydrogen-bond acceptors (Lipinski definition) is 4. The van der Waals surface area contributed by atoms with Crippen molar-refractivity contribution in [2.45, 2.75) is 19.4 Å². The number of halogens is 2. The van der Waals surface area contributed by atoms with Gasteiger partial charge in [0.25, 0.3) is 0 Å². The van der Waals surface area contributed by atoms with E-state index in [4.69, 9.17) is 16.0 Å². The number of amides is 1. The van der Waals surface area contributed by atoms with Crippen LogP contribution in [-0.4, -0.2) is 20.7 Å². The largest absolute Gasteiger partial charge is 0.441 e. The van der Waals surface area contributed by atoms with Gasteiger partial charge in [-0.1, -0.05) is 23.7 Å². The quantitative estimate of drug-likeness (QED) is 0.471. The first-order valence-electron chi connectivity index (χ1n) is 9.34. The molecular formula is C22H18ClFN4O2. The van der Waals surface area contributed by atoms with Crippen molar-refractivity contribution in [2.24, 2.45) is 0 Å². The fraction of sp³-hybridized carbons (Fsp3) is 0.136. The van der Waals surface area contributed by atoms with Crippen molar-refractivity contribution in [1.82, 2.24) is 20.1 Å². The summed E-state index contributed by atoms with van der Waals surface area (Å²) in [6.45, 7) is 0.360. The molecule has 1 amide bonds. The van der Waals surface area contributed by atoms with E-state index in [-0.39, 0.29) is 18.1 Å². The van der Waals surface area contributed by atoms with Gasteiger partial charge in [-0.25, -0.2) is 14.1 Å². The van der Waals surface area contributed by atoms with Gasteiger partial charge in [-0.2, -0.15) is 5.10 Å². The smallest absolute Gasteiger partial charge is 0.220 e. The van der Waals surface area contributed by atoms with Crippen LogP contribution < -0.4 is 5.32 Å². The van der Waals surface area contributed by atoms with E-state index in [0.717, 1.165) is 11.3 Å². The second kappa shape index (κ2) is 8.92. The predicted molar refractivity (Wildman–Crippen MR) is 111 cm³/mol. The van der Waals surface area contributed by atoms with Crippen LogP contribution in [0.15, 0.2) is 71.5 Å². The van der Waals surface area contributed by atoms with Crippen molar-refractivity contribution in [3.63, 3.8) is 0 Å². The van der Waals surface area contributed by atoms with Gasteiger partial charge in [-0.3, -0.25) is 4.79 Å². The fourth-order valence-electron chi connectivity index (χ4n) is 2.91. The van der Waals surface area contributed by atoms with E-state index in [1.807, 2.05) is 18.3 Å². The standard InChI is InChI=1S/C22H18ClFN4O2/c23-16-5-7-17(8-6-16)28-14-15(12-27-28)11-25-21(29)9-10-22-26-13-20(30-22)18-3-1-2-4-19(18)24/h1-8,12-14H,9-11H2,(H,25,29). The monoisotopic (exact) mass is 424 g/mol. The summed E-state index contributed by atoms with van der Waals surface area (Å²) in [5.74, 6) is 0.217. The van der Waals surface area contributed by atoms with Gasteiger partial charge >= 0.3 is 0 Å². The molecule has 0 bridgehead atoms. The summed E-state index contributed by atoms with van der Waals surface area (Å²) in [7, 11) is 0. The van der Waals surface area contributed by atoms with Crippen LogP contribution in [0.4, 0.5) is 4.39 Å². The summed E-state index contributed by atoms with van der Waals surface area (Å²) < 4.78 is 21.1. The Morgan fingerprint density at radius 3 is 2.73 bits per heavy atom. The Hall–Kier alpha value is -3.45. The number of aryl methyl sites for hydroxylation is 1. The van der Waals surface area contributed by atoms with Crippen molar-refractivity contribution >= 4 is 17.5 Å². The van der Waals surface area contributed by atoms with Crippen LogP contribution >= 0.6 is 11.6 Å². The van der Waals surface area contributed by atoms with Crippen molar-refractivity contribution in [1.29, 1.82) is 0 Å². The summed E-state index contributed by atoms with van der Waals surface area (Å²) in [6.07, 6.45) is 5.55. The molecule has 30 heavy (non-hydrogen) atoms. The van der Waals surface area contributed by atoms with Gasteiger partial charge in [-0.15, -0.1) is 0 Å². The second-order valence-electron chi connectivity index (χ2n) is 6.64.